The lowest BCUT2D eigenvalue weighted by atomic mass is 10.0. The van der Waals surface area contributed by atoms with E-state index in [1.165, 1.54) is 0 Å². The number of aromatic nitrogens is 1. The van der Waals surface area contributed by atoms with Crippen LogP contribution in [-0.4, -0.2) is 40.8 Å². The number of hydrogen-bond acceptors (Lipinski definition) is 6. The number of thioether (sulfide) groups is 1. The van der Waals surface area contributed by atoms with Gasteiger partial charge < -0.3 is 4.74 Å². The Morgan fingerprint density at radius 2 is 2.38 bits per heavy atom. The fraction of sp³-hybridized carbons (Fsp3) is 0.500. The molecule has 1 unspecified atom stereocenters. The zero-order valence-electron chi connectivity index (χ0n) is 11.7. The number of hydrogen-bond donors (Lipinski definition) is 0. The van der Waals surface area contributed by atoms with Crippen LogP contribution in [0, 0.1) is 5.92 Å². The first-order valence-electron chi connectivity index (χ1n) is 6.92. The van der Waals surface area contributed by atoms with E-state index in [9.17, 15) is 4.79 Å². The second-order valence-corrected chi connectivity index (χ2v) is 6.43. The summed E-state index contributed by atoms with van der Waals surface area (Å²) in [5.41, 5.74) is 1.05. The van der Waals surface area contributed by atoms with Gasteiger partial charge >= 0.3 is 5.97 Å². The van der Waals surface area contributed by atoms with Crippen molar-refractivity contribution in [2.75, 3.05) is 23.1 Å². The highest BCUT2D eigenvalue weighted by molar-refractivity contribution is 8.00. The molecular formula is C14H16ClN3O2S. The van der Waals surface area contributed by atoms with Crippen LogP contribution in [0.4, 0.5) is 5.82 Å². The summed E-state index contributed by atoms with van der Waals surface area (Å²) in [6, 6.07) is 3.05. The van der Waals surface area contributed by atoms with Crippen molar-refractivity contribution in [2.45, 2.75) is 19.4 Å². The van der Waals surface area contributed by atoms with Gasteiger partial charge in [-0.25, -0.2) is 14.8 Å². The van der Waals surface area contributed by atoms with Crippen LogP contribution in [0.5, 0.6) is 0 Å². The zero-order chi connectivity index (χ0) is 14.8. The Kier molecular flexibility index (Phi) is 4.35. The maximum Gasteiger partial charge on any atom is 0.331 e. The van der Waals surface area contributed by atoms with E-state index in [0.29, 0.717) is 29.8 Å². The fourth-order valence-corrected chi connectivity index (χ4v) is 3.44. The molecular weight excluding hydrogens is 310 g/mol. The molecule has 0 aromatic carbocycles. The smallest absolute Gasteiger partial charge is 0.331 e. The average Bonchev–Trinajstić information content (AvgIpc) is 2.82. The molecule has 1 atom stereocenters. The third kappa shape index (κ3) is 2.87. The summed E-state index contributed by atoms with van der Waals surface area (Å²) in [7, 11) is 0. The van der Waals surface area contributed by atoms with Gasteiger partial charge in [-0.15, -0.1) is 0 Å². The van der Waals surface area contributed by atoms with E-state index in [1.807, 2.05) is 11.8 Å². The molecule has 7 heteroatoms. The molecule has 0 amide bonds. The van der Waals surface area contributed by atoms with Gasteiger partial charge in [0.15, 0.2) is 11.9 Å². The lowest BCUT2D eigenvalue weighted by Gasteiger charge is -2.24. The van der Waals surface area contributed by atoms with E-state index in [4.69, 9.17) is 16.3 Å². The predicted molar refractivity (Wildman–Crippen MR) is 85.0 cm³/mol. The summed E-state index contributed by atoms with van der Waals surface area (Å²) >= 11 is 8.09. The van der Waals surface area contributed by atoms with E-state index in [-0.39, 0.29) is 5.97 Å². The van der Waals surface area contributed by atoms with E-state index in [1.54, 1.807) is 30.3 Å². The van der Waals surface area contributed by atoms with Crippen LogP contribution in [-0.2, 0) is 9.53 Å². The summed E-state index contributed by atoms with van der Waals surface area (Å²) < 4.78 is 5.17. The van der Waals surface area contributed by atoms with Crippen LogP contribution in [0.1, 0.15) is 13.3 Å². The second-order valence-electron chi connectivity index (χ2n) is 4.95. The SMILES string of the molecule is CCOC(=O)C1CC(C2CSC2)=NN1c1ncccc1Cl. The zero-order valence-corrected chi connectivity index (χ0v) is 13.2. The van der Waals surface area contributed by atoms with Crippen LogP contribution < -0.4 is 5.01 Å². The first-order chi connectivity index (χ1) is 10.2. The van der Waals surface area contributed by atoms with Crippen molar-refractivity contribution in [1.29, 1.82) is 0 Å². The predicted octanol–water partition coefficient (Wildman–Crippen LogP) is 2.60. The molecule has 112 valence electrons. The molecule has 1 fully saturated rings. The number of carbonyl (C=O) groups is 1. The summed E-state index contributed by atoms with van der Waals surface area (Å²) in [6.07, 6.45) is 2.24. The monoisotopic (exact) mass is 325 g/mol. The number of rotatable bonds is 4. The molecule has 0 radical (unpaired) electrons. The van der Waals surface area contributed by atoms with Crippen LogP contribution in [0.15, 0.2) is 23.4 Å². The molecule has 3 rings (SSSR count). The van der Waals surface area contributed by atoms with E-state index in [2.05, 4.69) is 10.1 Å². The molecule has 1 saturated heterocycles. The van der Waals surface area contributed by atoms with Crippen molar-refractivity contribution in [3.05, 3.63) is 23.4 Å². The van der Waals surface area contributed by atoms with Gasteiger partial charge in [0.05, 0.1) is 11.6 Å². The molecule has 2 aliphatic heterocycles. The first kappa shape index (κ1) is 14.7. The number of pyridine rings is 1. The molecule has 2 aliphatic rings. The van der Waals surface area contributed by atoms with Crippen molar-refractivity contribution in [3.8, 4) is 0 Å². The highest BCUT2D eigenvalue weighted by Crippen LogP contribution is 2.35. The molecule has 3 heterocycles. The highest BCUT2D eigenvalue weighted by Gasteiger charge is 2.40. The minimum absolute atomic E-state index is 0.273. The molecule has 0 saturated carbocycles. The molecule has 0 N–H and O–H groups in total. The lowest BCUT2D eigenvalue weighted by Crippen LogP contribution is -2.37. The van der Waals surface area contributed by atoms with Crippen molar-refractivity contribution in [3.63, 3.8) is 0 Å². The van der Waals surface area contributed by atoms with Crippen molar-refractivity contribution in [1.82, 2.24) is 4.98 Å². The number of esters is 1. The Labute approximate surface area is 132 Å². The second kappa shape index (κ2) is 6.23. The summed E-state index contributed by atoms with van der Waals surface area (Å²) in [4.78, 5) is 16.5. The van der Waals surface area contributed by atoms with Gasteiger partial charge in [0.2, 0.25) is 0 Å². The summed E-state index contributed by atoms with van der Waals surface area (Å²) in [6.45, 7) is 2.16. The molecule has 1 aromatic heterocycles. The normalized spacial score (nSPS) is 21.9. The van der Waals surface area contributed by atoms with Crippen molar-refractivity contribution >= 4 is 40.9 Å². The molecule has 21 heavy (non-hydrogen) atoms. The number of ether oxygens (including phenoxy) is 1. The van der Waals surface area contributed by atoms with Gasteiger partial charge in [-0.2, -0.15) is 16.9 Å². The first-order valence-corrected chi connectivity index (χ1v) is 8.45. The minimum Gasteiger partial charge on any atom is -0.464 e. The van der Waals surface area contributed by atoms with Gasteiger partial charge in [0, 0.05) is 35.8 Å². The highest BCUT2D eigenvalue weighted by atomic mass is 35.5. The Morgan fingerprint density at radius 3 is 3.00 bits per heavy atom. The maximum absolute atomic E-state index is 12.2. The average molecular weight is 326 g/mol. The summed E-state index contributed by atoms with van der Waals surface area (Å²) in [5, 5.41) is 6.72. The number of nitrogens with zero attached hydrogens (tertiary/aromatic N) is 3. The third-order valence-electron chi connectivity index (χ3n) is 3.56. The van der Waals surface area contributed by atoms with Gasteiger partial charge in [0.1, 0.15) is 0 Å². The molecule has 1 aromatic rings. The quantitative estimate of drug-likeness (QED) is 0.796. The Bertz CT molecular complexity index is 577. The minimum atomic E-state index is -0.460. The number of carbonyl (C=O) groups excluding carboxylic acids is 1. The molecule has 0 aliphatic carbocycles. The Hall–Kier alpha value is -1.27. The Balaban J connectivity index is 1.89. The van der Waals surface area contributed by atoms with E-state index in [0.717, 1.165) is 17.2 Å². The fourth-order valence-electron chi connectivity index (χ4n) is 2.37. The van der Waals surface area contributed by atoms with Crippen molar-refractivity contribution in [2.24, 2.45) is 11.0 Å². The molecule has 0 bridgehead atoms. The number of halogens is 1. The van der Waals surface area contributed by atoms with E-state index < -0.39 is 6.04 Å². The van der Waals surface area contributed by atoms with Gasteiger partial charge in [-0.05, 0) is 19.1 Å². The van der Waals surface area contributed by atoms with Crippen molar-refractivity contribution < 1.29 is 9.53 Å². The Morgan fingerprint density at radius 1 is 1.57 bits per heavy atom. The standard InChI is InChI=1S/C14H16ClN3O2S/c1-2-20-14(19)12-6-11(9-7-21-8-9)17-18(12)13-10(15)4-3-5-16-13/h3-5,9,12H,2,6-8H2,1H3. The lowest BCUT2D eigenvalue weighted by molar-refractivity contribution is -0.144. The van der Waals surface area contributed by atoms with Crippen LogP contribution >= 0.6 is 23.4 Å². The molecule has 5 nitrogen and oxygen atoms in total. The van der Waals surface area contributed by atoms with E-state index >= 15 is 0 Å². The largest absolute Gasteiger partial charge is 0.464 e. The van der Waals surface area contributed by atoms with Gasteiger partial charge in [-0.1, -0.05) is 11.6 Å². The van der Waals surface area contributed by atoms with Gasteiger partial charge in [-0.3, -0.25) is 0 Å². The van der Waals surface area contributed by atoms with Crippen LogP contribution in [0.2, 0.25) is 5.02 Å². The van der Waals surface area contributed by atoms with Gasteiger partial charge in [0.25, 0.3) is 0 Å². The third-order valence-corrected chi connectivity index (χ3v) is 5.13. The number of anilines is 1. The van der Waals surface area contributed by atoms with Crippen LogP contribution in [0.25, 0.3) is 0 Å². The topological polar surface area (TPSA) is 54.8 Å². The van der Waals surface area contributed by atoms with Crippen LogP contribution in [0.3, 0.4) is 0 Å². The molecule has 0 spiro atoms. The summed E-state index contributed by atoms with van der Waals surface area (Å²) in [5.74, 6) is 2.83. The maximum atomic E-state index is 12.2. The number of hydrazone groups is 1.